The summed E-state index contributed by atoms with van der Waals surface area (Å²) in [6, 6.07) is 0. The number of rotatable bonds is 6. The van der Waals surface area contributed by atoms with E-state index in [1.165, 1.54) is 25.6 Å². The van der Waals surface area contributed by atoms with Crippen LogP contribution >= 0.6 is 0 Å². The summed E-state index contributed by atoms with van der Waals surface area (Å²) in [7, 11) is 0. The molecule has 5 nitrogen and oxygen atoms in total. The summed E-state index contributed by atoms with van der Waals surface area (Å²) in [4.78, 5) is 8.28. The Morgan fingerprint density at radius 2 is 2.26 bits per heavy atom. The average Bonchev–Trinajstić information content (AvgIpc) is 2.82. The predicted octanol–water partition coefficient (Wildman–Crippen LogP) is 2.70. The van der Waals surface area contributed by atoms with Crippen LogP contribution in [-0.4, -0.2) is 23.1 Å². The highest BCUT2D eigenvalue weighted by atomic mass is 16.5. The van der Waals surface area contributed by atoms with Crippen molar-refractivity contribution in [2.75, 3.05) is 24.2 Å². The van der Waals surface area contributed by atoms with Gasteiger partial charge in [-0.25, -0.2) is 4.98 Å². The van der Waals surface area contributed by atoms with Crippen molar-refractivity contribution in [3.8, 4) is 5.88 Å². The van der Waals surface area contributed by atoms with E-state index >= 15 is 0 Å². The molecule has 0 saturated heterocycles. The Hall–Kier alpha value is -1.52. The summed E-state index contributed by atoms with van der Waals surface area (Å²) in [5, 5.41) is 3.35. The molecule has 0 radical (unpaired) electrons. The fourth-order valence-corrected chi connectivity index (χ4v) is 2.59. The van der Waals surface area contributed by atoms with Gasteiger partial charge in [-0.15, -0.1) is 0 Å². The number of nitrogens with one attached hydrogen (secondary N) is 1. The molecule has 19 heavy (non-hydrogen) atoms. The van der Waals surface area contributed by atoms with Gasteiger partial charge >= 0.3 is 0 Å². The molecule has 0 aromatic carbocycles. The summed E-state index contributed by atoms with van der Waals surface area (Å²) in [5.74, 6) is 2.68. The van der Waals surface area contributed by atoms with E-state index in [-0.39, 0.29) is 0 Å². The maximum absolute atomic E-state index is 6.03. The highest BCUT2D eigenvalue weighted by Gasteiger charge is 2.23. The minimum absolute atomic E-state index is 0.485. The first kappa shape index (κ1) is 13.9. The van der Waals surface area contributed by atoms with E-state index in [2.05, 4.69) is 29.1 Å². The lowest BCUT2D eigenvalue weighted by molar-refractivity contribution is 0.306. The molecule has 1 saturated carbocycles. The molecule has 106 valence electrons. The van der Waals surface area contributed by atoms with Gasteiger partial charge in [-0.1, -0.05) is 26.7 Å². The van der Waals surface area contributed by atoms with Gasteiger partial charge in [-0.2, -0.15) is 4.98 Å². The quantitative estimate of drug-likeness (QED) is 0.826. The van der Waals surface area contributed by atoms with E-state index in [9.17, 15) is 0 Å². The van der Waals surface area contributed by atoms with Crippen LogP contribution in [0.15, 0.2) is 6.33 Å². The van der Waals surface area contributed by atoms with E-state index in [0.717, 1.165) is 24.8 Å². The molecule has 5 heteroatoms. The van der Waals surface area contributed by atoms with Gasteiger partial charge in [0.2, 0.25) is 5.88 Å². The molecule has 1 aromatic heterocycles. The van der Waals surface area contributed by atoms with E-state index in [1.807, 2.05) is 0 Å². The molecular formula is C14H24N4O. The summed E-state index contributed by atoms with van der Waals surface area (Å²) >= 11 is 0. The number of hydrogen-bond donors (Lipinski definition) is 2. The molecule has 1 fully saturated rings. The van der Waals surface area contributed by atoms with Crippen molar-refractivity contribution in [2.24, 2.45) is 11.8 Å². The van der Waals surface area contributed by atoms with E-state index in [4.69, 9.17) is 10.5 Å². The van der Waals surface area contributed by atoms with Gasteiger partial charge in [0.05, 0.1) is 6.61 Å². The number of ether oxygens (including phenoxy) is 1. The summed E-state index contributed by atoms with van der Waals surface area (Å²) in [6.45, 7) is 5.92. The number of aromatic nitrogens is 2. The Morgan fingerprint density at radius 3 is 2.95 bits per heavy atom. The van der Waals surface area contributed by atoms with Crippen LogP contribution in [0.1, 0.15) is 39.5 Å². The number of anilines is 2. The van der Waals surface area contributed by atoms with Crippen LogP contribution in [0.5, 0.6) is 5.88 Å². The van der Waals surface area contributed by atoms with Crippen molar-refractivity contribution in [1.29, 1.82) is 0 Å². The Kier molecular flexibility index (Phi) is 4.82. The molecule has 1 heterocycles. The van der Waals surface area contributed by atoms with Gasteiger partial charge in [0.15, 0.2) is 5.82 Å². The minimum atomic E-state index is 0.485. The van der Waals surface area contributed by atoms with E-state index < -0.39 is 0 Å². The number of nitrogens with zero attached hydrogens (tertiary/aromatic N) is 2. The molecule has 3 N–H and O–H groups in total. The summed E-state index contributed by atoms with van der Waals surface area (Å²) in [6.07, 6.45) is 6.39. The van der Waals surface area contributed by atoms with Crippen LogP contribution in [0.3, 0.4) is 0 Å². The standard InChI is InChI=1S/C14H24N4O/c1-3-7-19-14-12(15)13(17-9-18-14)16-8-11-6-4-5-10(11)2/h9-11H,3-8,15H2,1-2H3,(H,16,17,18). The van der Waals surface area contributed by atoms with E-state index in [1.54, 1.807) is 0 Å². The largest absolute Gasteiger partial charge is 0.476 e. The van der Waals surface area contributed by atoms with E-state index in [0.29, 0.717) is 24.0 Å². The third kappa shape index (κ3) is 3.49. The molecule has 0 aliphatic heterocycles. The second-order valence-corrected chi connectivity index (χ2v) is 5.34. The van der Waals surface area contributed by atoms with Crippen molar-refractivity contribution in [2.45, 2.75) is 39.5 Å². The molecule has 1 aromatic rings. The Morgan fingerprint density at radius 1 is 1.42 bits per heavy atom. The van der Waals surface area contributed by atoms with Gasteiger partial charge in [-0.05, 0) is 24.7 Å². The molecule has 0 bridgehead atoms. The highest BCUT2D eigenvalue weighted by molar-refractivity contribution is 5.66. The Balaban J connectivity index is 1.96. The fraction of sp³-hybridized carbons (Fsp3) is 0.714. The van der Waals surface area contributed by atoms with Crippen LogP contribution in [0.4, 0.5) is 11.5 Å². The lowest BCUT2D eigenvalue weighted by Gasteiger charge is -2.17. The third-order valence-corrected chi connectivity index (χ3v) is 3.86. The first-order chi connectivity index (χ1) is 9.22. The average molecular weight is 264 g/mol. The molecule has 1 aliphatic rings. The predicted molar refractivity (Wildman–Crippen MR) is 77.2 cm³/mol. The minimum Gasteiger partial charge on any atom is -0.476 e. The van der Waals surface area contributed by atoms with Crippen molar-refractivity contribution in [1.82, 2.24) is 9.97 Å². The molecule has 0 amide bonds. The molecule has 1 aliphatic carbocycles. The van der Waals surface area contributed by atoms with Crippen molar-refractivity contribution in [3.63, 3.8) is 0 Å². The van der Waals surface area contributed by atoms with Crippen LogP contribution in [0.25, 0.3) is 0 Å². The number of nitrogen functional groups attached to an aromatic ring is 1. The van der Waals surface area contributed by atoms with Gasteiger partial charge < -0.3 is 15.8 Å². The normalized spacial score (nSPS) is 22.4. The lowest BCUT2D eigenvalue weighted by Crippen LogP contribution is -2.18. The maximum Gasteiger partial charge on any atom is 0.242 e. The van der Waals surface area contributed by atoms with Gasteiger partial charge in [-0.3, -0.25) is 0 Å². The van der Waals surface area contributed by atoms with Gasteiger partial charge in [0.1, 0.15) is 12.0 Å². The first-order valence-electron chi connectivity index (χ1n) is 7.19. The third-order valence-electron chi connectivity index (χ3n) is 3.86. The van der Waals surface area contributed by atoms with Crippen LogP contribution < -0.4 is 15.8 Å². The highest BCUT2D eigenvalue weighted by Crippen LogP contribution is 2.32. The second kappa shape index (κ2) is 6.59. The SMILES string of the molecule is CCCOc1ncnc(NCC2CCCC2C)c1N. The monoisotopic (exact) mass is 264 g/mol. The first-order valence-corrected chi connectivity index (χ1v) is 7.19. The number of nitrogens with two attached hydrogens (primary N) is 1. The van der Waals surface area contributed by atoms with Gasteiger partial charge in [0.25, 0.3) is 0 Å². The Bertz CT molecular complexity index is 410. The zero-order valence-electron chi connectivity index (χ0n) is 11.9. The van der Waals surface area contributed by atoms with Crippen molar-refractivity contribution < 1.29 is 4.74 Å². The zero-order valence-corrected chi connectivity index (χ0v) is 11.9. The Labute approximate surface area is 115 Å². The second-order valence-electron chi connectivity index (χ2n) is 5.34. The van der Waals surface area contributed by atoms with Gasteiger partial charge in [0, 0.05) is 6.54 Å². The fourth-order valence-electron chi connectivity index (χ4n) is 2.59. The lowest BCUT2D eigenvalue weighted by atomic mass is 9.98. The van der Waals surface area contributed by atoms with Crippen molar-refractivity contribution in [3.05, 3.63) is 6.33 Å². The zero-order chi connectivity index (χ0) is 13.7. The molecule has 2 atom stereocenters. The maximum atomic E-state index is 6.03. The number of hydrogen-bond acceptors (Lipinski definition) is 5. The smallest absolute Gasteiger partial charge is 0.242 e. The summed E-state index contributed by atoms with van der Waals surface area (Å²) in [5.41, 5.74) is 6.55. The molecule has 0 spiro atoms. The van der Waals surface area contributed by atoms with Crippen LogP contribution in [-0.2, 0) is 0 Å². The van der Waals surface area contributed by atoms with Crippen LogP contribution in [0.2, 0.25) is 0 Å². The van der Waals surface area contributed by atoms with Crippen molar-refractivity contribution >= 4 is 11.5 Å². The topological polar surface area (TPSA) is 73.1 Å². The summed E-state index contributed by atoms with van der Waals surface area (Å²) < 4.78 is 5.50. The molecule has 2 rings (SSSR count). The molecular weight excluding hydrogens is 240 g/mol. The molecule has 2 unspecified atom stereocenters. The van der Waals surface area contributed by atoms with Crippen LogP contribution in [0, 0.1) is 11.8 Å².